The van der Waals surface area contributed by atoms with Gasteiger partial charge in [-0.1, -0.05) is 37.6 Å². The molecule has 0 radical (unpaired) electrons. The Hall–Kier alpha value is -1.39. The van der Waals surface area contributed by atoms with Gasteiger partial charge in [-0.15, -0.1) is 0 Å². The highest BCUT2D eigenvalue weighted by atomic mass is 35.5. The molecule has 0 aliphatic rings. The van der Waals surface area contributed by atoms with Crippen molar-refractivity contribution in [3.63, 3.8) is 0 Å². The first-order valence-corrected chi connectivity index (χ1v) is 6.19. The molecule has 4 nitrogen and oxygen atoms in total. The molecule has 0 amide bonds. The Balaban J connectivity index is 2.68. The van der Waals surface area contributed by atoms with Gasteiger partial charge in [0.2, 0.25) is 0 Å². The molecular weight excluding hydrogens is 252 g/mol. The van der Waals surface area contributed by atoms with E-state index in [0.717, 1.165) is 6.54 Å². The first kappa shape index (κ1) is 14.7. The molecule has 0 aliphatic heterocycles. The van der Waals surface area contributed by atoms with Crippen molar-refractivity contribution in [2.24, 2.45) is 5.92 Å². The lowest BCUT2D eigenvalue weighted by molar-refractivity contribution is -0.385. The zero-order valence-corrected chi connectivity index (χ0v) is 11.3. The zero-order valence-electron chi connectivity index (χ0n) is 10.5. The van der Waals surface area contributed by atoms with Crippen LogP contribution in [0.5, 0.6) is 0 Å². The van der Waals surface area contributed by atoms with E-state index in [1.54, 1.807) is 12.1 Å². The van der Waals surface area contributed by atoms with E-state index < -0.39 is 4.92 Å². The minimum Gasteiger partial charge on any atom is -0.313 e. The molecule has 0 aliphatic carbocycles. The number of halogens is 1. The van der Waals surface area contributed by atoms with Gasteiger partial charge < -0.3 is 5.32 Å². The van der Waals surface area contributed by atoms with Gasteiger partial charge in [-0.25, -0.2) is 0 Å². The fourth-order valence-electron chi connectivity index (χ4n) is 1.47. The molecule has 0 heterocycles. The lowest BCUT2D eigenvalue weighted by atomic mass is 10.1. The predicted molar refractivity (Wildman–Crippen MR) is 74.8 cm³/mol. The van der Waals surface area contributed by atoms with Gasteiger partial charge in [-0.3, -0.25) is 10.1 Å². The Labute approximate surface area is 112 Å². The van der Waals surface area contributed by atoms with Gasteiger partial charge in [-0.2, -0.15) is 0 Å². The molecule has 0 saturated heterocycles. The average Bonchev–Trinajstić information content (AvgIpc) is 2.27. The molecule has 1 N–H and O–H groups in total. The number of hydrogen-bond donors (Lipinski definition) is 1. The summed E-state index contributed by atoms with van der Waals surface area (Å²) in [7, 11) is 0. The summed E-state index contributed by atoms with van der Waals surface area (Å²) in [4.78, 5) is 10.4. The molecular formula is C13H17ClN2O2. The first-order chi connectivity index (χ1) is 8.50. The van der Waals surface area contributed by atoms with Crippen molar-refractivity contribution in [2.45, 2.75) is 13.8 Å². The molecule has 1 rings (SSSR count). The van der Waals surface area contributed by atoms with Crippen LogP contribution in [0.4, 0.5) is 5.69 Å². The Bertz CT molecular complexity index is 445. The van der Waals surface area contributed by atoms with E-state index in [1.807, 2.05) is 6.08 Å². The van der Waals surface area contributed by atoms with Crippen molar-refractivity contribution in [1.82, 2.24) is 5.32 Å². The smallest absolute Gasteiger partial charge is 0.276 e. The number of benzene rings is 1. The molecule has 18 heavy (non-hydrogen) atoms. The molecule has 0 saturated carbocycles. The van der Waals surface area contributed by atoms with Crippen LogP contribution in [-0.2, 0) is 0 Å². The third kappa shape index (κ3) is 4.85. The minimum atomic E-state index is -0.405. The molecule has 0 spiro atoms. The third-order valence-electron chi connectivity index (χ3n) is 2.30. The highest BCUT2D eigenvalue weighted by Gasteiger charge is 2.10. The summed E-state index contributed by atoms with van der Waals surface area (Å²) in [5.74, 6) is 0.582. The summed E-state index contributed by atoms with van der Waals surface area (Å²) in [6.07, 6.45) is 3.58. The predicted octanol–water partition coefficient (Wildman–Crippen LogP) is 3.51. The quantitative estimate of drug-likeness (QED) is 0.488. The highest BCUT2D eigenvalue weighted by molar-refractivity contribution is 6.30. The van der Waals surface area contributed by atoms with E-state index in [1.165, 1.54) is 12.1 Å². The molecule has 98 valence electrons. The van der Waals surface area contributed by atoms with E-state index >= 15 is 0 Å². The van der Waals surface area contributed by atoms with Crippen LogP contribution in [0.1, 0.15) is 19.4 Å². The standard InChI is InChI=1S/C13H17ClN2O2/c1-10(2)9-15-7-3-4-11-8-12(14)5-6-13(11)16(17)18/h3-6,8,10,15H,7,9H2,1-2H3/b4-3+. The largest absolute Gasteiger partial charge is 0.313 e. The van der Waals surface area contributed by atoms with Crippen LogP contribution in [0.3, 0.4) is 0 Å². The Morgan fingerprint density at radius 1 is 1.50 bits per heavy atom. The molecule has 5 heteroatoms. The Morgan fingerprint density at radius 2 is 2.22 bits per heavy atom. The SMILES string of the molecule is CC(C)CNC/C=C/c1cc(Cl)ccc1[N+](=O)[O-]. The average molecular weight is 269 g/mol. The van der Waals surface area contributed by atoms with Crippen molar-refractivity contribution in [3.8, 4) is 0 Å². The summed E-state index contributed by atoms with van der Waals surface area (Å²) >= 11 is 5.83. The van der Waals surface area contributed by atoms with E-state index in [0.29, 0.717) is 23.0 Å². The second-order valence-electron chi connectivity index (χ2n) is 4.41. The summed E-state index contributed by atoms with van der Waals surface area (Å²) in [5.41, 5.74) is 0.596. The molecule has 0 bridgehead atoms. The Kier molecular flexibility index (Phi) is 5.82. The number of nitrogens with zero attached hydrogens (tertiary/aromatic N) is 1. The van der Waals surface area contributed by atoms with Crippen LogP contribution >= 0.6 is 11.6 Å². The summed E-state index contributed by atoms with van der Waals surface area (Å²) in [6.45, 7) is 5.85. The van der Waals surface area contributed by atoms with Gasteiger partial charge in [-0.05, 0) is 24.6 Å². The lowest BCUT2D eigenvalue weighted by Crippen LogP contribution is -2.19. The molecule has 0 fully saturated rings. The topological polar surface area (TPSA) is 55.2 Å². The number of nitrogens with one attached hydrogen (secondary N) is 1. The number of nitro groups is 1. The maximum absolute atomic E-state index is 10.8. The monoisotopic (exact) mass is 268 g/mol. The lowest BCUT2D eigenvalue weighted by Gasteiger charge is -2.04. The van der Waals surface area contributed by atoms with E-state index in [9.17, 15) is 10.1 Å². The molecule has 0 atom stereocenters. The second-order valence-corrected chi connectivity index (χ2v) is 4.85. The van der Waals surface area contributed by atoms with Crippen molar-refractivity contribution in [1.29, 1.82) is 0 Å². The highest BCUT2D eigenvalue weighted by Crippen LogP contribution is 2.23. The van der Waals surface area contributed by atoms with Crippen molar-refractivity contribution >= 4 is 23.4 Å². The molecule has 1 aromatic carbocycles. The van der Waals surface area contributed by atoms with Crippen molar-refractivity contribution < 1.29 is 4.92 Å². The van der Waals surface area contributed by atoms with Gasteiger partial charge in [0.15, 0.2) is 0 Å². The van der Waals surface area contributed by atoms with Crippen LogP contribution in [0.15, 0.2) is 24.3 Å². The van der Waals surface area contributed by atoms with Gasteiger partial charge in [0, 0.05) is 17.6 Å². The first-order valence-electron chi connectivity index (χ1n) is 5.82. The third-order valence-corrected chi connectivity index (χ3v) is 2.53. The van der Waals surface area contributed by atoms with Gasteiger partial charge >= 0.3 is 0 Å². The molecule has 0 unspecified atom stereocenters. The fourth-order valence-corrected chi connectivity index (χ4v) is 1.65. The summed E-state index contributed by atoms with van der Waals surface area (Å²) in [5, 5.41) is 14.5. The minimum absolute atomic E-state index is 0.0690. The fraction of sp³-hybridized carbons (Fsp3) is 0.385. The maximum Gasteiger partial charge on any atom is 0.276 e. The summed E-state index contributed by atoms with van der Waals surface area (Å²) in [6, 6.07) is 4.54. The maximum atomic E-state index is 10.8. The summed E-state index contributed by atoms with van der Waals surface area (Å²) < 4.78 is 0. The van der Waals surface area contributed by atoms with E-state index in [4.69, 9.17) is 11.6 Å². The normalized spacial score (nSPS) is 11.3. The zero-order chi connectivity index (χ0) is 13.5. The number of hydrogen-bond acceptors (Lipinski definition) is 3. The van der Waals surface area contributed by atoms with Crippen molar-refractivity contribution in [2.75, 3.05) is 13.1 Å². The van der Waals surface area contributed by atoms with Gasteiger partial charge in [0.1, 0.15) is 0 Å². The van der Waals surface area contributed by atoms with Gasteiger partial charge in [0.25, 0.3) is 5.69 Å². The molecule has 1 aromatic rings. The second kappa shape index (κ2) is 7.13. The Morgan fingerprint density at radius 3 is 2.83 bits per heavy atom. The van der Waals surface area contributed by atoms with Crippen LogP contribution in [0.25, 0.3) is 6.08 Å². The van der Waals surface area contributed by atoms with E-state index in [2.05, 4.69) is 19.2 Å². The number of nitro benzene ring substituents is 1. The van der Waals surface area contributed by atoms with Crippen LogP contribution in [-0.4, -0.2) is 18.0 Å². The number of rotatable bonds is 6. The van der Waals surface area contributed by atoms with Crippen LogP contribution in [0, 0.1) is 16.0 Å². The van der Waals surface area contributed by atoms with Crippen LogP contribution < -0.4 is 5.32 Å². The van der Waals surface area contributed by atoms with Crippen LogP contribution in [0.2, 0.25) is 5.02 Å². The molecule has 0 aromatic heterocycles. The van der Waals surface area contributed by atoms with Crippen molar-refractivity contribution in [3.05, 3.63) is 45.0 Å². The van der Waals surface area contributed by atoms with Gasteiger partial charge in [0.05, 0.1) is 10.5 Å². The van der Waals surface area contributed by atoms with E-state index in [-0.39, 0.29) is 5.69 Å².